The predicted octanol–water partition coefficient (Wildman–Crippen LogP) is 2.96. The number of carbonyl (C=O) groups excluding carboxylic acids is 2. The van der Waals surface area contributed by atoms with Crippen LogP contribution in [0.4, 0.5) is 11.4 Å². The third-order valence-electron chi connectivity index (χ3n) is 7.39. The minimum atomic E-state index is -3.74. The molecule has 4 rings (SSSR count). The minimum absolute atomic E-state index is 0.0356. The standard InChI is InChI=1S/C21H28N2O5S/c1-20(2)14-8-9-21(20,18(24)11-14)13-29(26,27)22-15-6-7-16(17(12-15)28-3)23-10-4-5-19(23)25/h6-7,12,14,22H,4-5,8-11,13H2,1-3H3. The van der Waals surface area contributed by atoms with Gasteiger partial charge in [0.25, 0.3) is 0 Å². The third-order valence-corrected chi connectivity index (χ3v) is 8.81. The maximum atomic E-state index is 13.0. The van der Waals surface area contributed by atoms with Crippen molar-refractivity contribution < 1.29 is 22.7 Å². The summed E-state index contributed by atoms with van der Waals surface area (Å²) >= 11 is 0. The number of carbonyl (C=O) groups is 2. The molecular weight excluding hydrogens is 392 g/mol. The SMILES string of the molecule is COc1cc(NS(=O)(=O)CC23CCC(CC2=O)C3(C)C)ccc1N1CCCC1=O. The molecule has 0 spiro atoms. The molecule has 1 amide bonds. The predicted molar refractivity (Wildman–Crippen MR) is 111 cm³/mol. The molecule has 1 aromatic carbocycles. The normalized spacial score (nSPS) is 28.2. The molecule has 7 nitrogen and oxygen atoms in total. The van der Waals surface area contributed by atoms with E-state index in [1.54, 1.807) is 23.1 Å². The number of anilines is 2. The number of amides is 1. The molecule has 29 heavy (non-hydrogen) atoms. The van der Waals surface area contributed by atoms with Gasteiger partial charge in [-0.3, -0.25) is 14.3 Å². The van der Waals surface area contributed by atoms with Gasteiger partial charge in [-0.15, -0.1) is 0 Å². The van der Waals surface area contributed by atoms with Crippen molar-refractivity contribution in [3.63, 3.8) is 0 Å². The van der Waals surface area contributed by atoms with Crippen molar-refractivity contribution in [1.29, 1.82) is 0 Å². The van der Waals surface area contributed by atoms with E-state index in [2.05, 4.69) is 4.72 Å². The Balaban J connectivity index is 1.57. The largest absolute Gasteiger partial charge is 0.494 e. The fourth-order valence-corrected chi connectivity index (χ4v) is 7.40. The zero-order chi connectivity index (χ0) is 21.0. The lowest BCUT2D eigenvalue weighted by Gasteiger charge is -2.36. The molecule has 1 saturated heterocycles. The number of Topliss-reactive ketones (excluding diaryl/α,β-unsaturated/α-hetero) is 1. The van der Waals surface area contributed by atoms with Gasteiger partial charge in [-0.25, -0.2) is 8.42 Å². The van der Waals surface area contributed by atoms with Crippen LogP contribution in [0.3, 0.4) is 0 Å². The number of fused-ring (bicyclic) bond motifs is 2. The number of hydrogen-bond donors (Lipinski definition) is 1. The zero-order valence-electron chi connectivity index (χ0n) is 17.2. The Hall–Kier alpha value is -2.09. The Bertz CT molecular complexity index is 971. The van der Waals surface area contributed by atoms with Crippen molar-refractivity contribution in [3.8, 4) is 5.75 Å². The van der Waals surface area contributed by atoms with Gasteiger partial charge in [0.05, 0.1) is 29.7 Å². The van der Waals surface area contributed by atoms with Gasteiger partial charge in [-0.2, -0.15) is 0 Å². The van der Waals surface area contributed by atoms with Crippen molar-refractivity contribution in [2.45, 2.75) is 46.0 Å². The second-order valence-corrected chi connectivity index (χ2v) is 10.8. The molecule has 3 aliphatic rings. The molecule has 2 unspecified atom stereocenters. The van der Waals surface area contributed by atoms with E-state index in [9.17, 15) is 18.0 Å². The molecule has 2 bridgehead atoms. The van der Waals surface area contributed by atoms with E-state index in [0.717, 1.165) is 12.8 Å². The maximum absolute atomic E-state index is 13.0. The number of ketones is 1. The first kappa shape index (κ1) is 20.2. The van der Waals surface area contributed by atoms with Gasteiger partial charge in [0, 0.05) is 25.5 Å². The molecule has 2 aliphatic carbocycles. The Morgan fingerprint density at radius 1 is 1.28 bits per heavy atom. The molecule has 2 saturated carbocycles. The summed E-state index contributed by atoms with van der Waals surface area (Å²) in [6, 6.07) is 4.93. The van der Waals surface area contributed by atoms with Crippen LogP contribution in [-0.2, 0) is 19.6 Å². The summed E-state index contributed by atoms with van der Waals surface area (Å²) in [7, 11) is -2.25. The van der Waals surface area contributed by atoms with Gasteiger partial charge >= 0.3 is 0 Å². The van der Waals surface area contributed by atoms with Crippen molar-refractivity contribution in [1.82, 2.24) is 0 Å². The Labute approximate surface area is 171 Å². The number of sulfonamides is 1. The maximum Gasteiger partial charge on any atom is 0.233 e. The molecular formula is C21H28N2O5S. The molecule has 3 fully saturated rings. The quantitative estimate of drug-likeness (QED) is 0.764. The summed E-state index contributed by atoms with van der Waals surface area (Å²) in [6.45, 7) is 4.67. The van der Waals surface area contributed by atoms with E-state index in [0.29, 0.717) is 42.9 Å². The molecule has 0 aromatic heterocycles. The van der Waals surface area contributed by atoms with Crippen LogP contribution in [0.2, 0.25) is 0 Å². The highest BCUT2D eigenvalue weighted by molar-refractivity contribution is 7.92. The molecule has 158 valence electrons. The fourth-order valence-electron chi connectivity index (χ4n) is 5.52. The first-order valence-corrected chi connectivity index (χ1v) is 11.8. The average Bonchev–Trinajstić information content (AvgIpc) is 3.22. The van der Waals surface area contributed by atoms with E-state index < -0.39 is 15.4 Å². The first-order valence-electron chi connectivity index (χ1n) is 10.1. The van der Waals surface area contributed by atoms with Crippen LogP contribution in [0.25, 0.3) is 0 Å². The second-order valence-electron chi connectivity index (χ2n) is 9.06. The molecule has 8 heteroatoms. The van der Waals surface area contributed by atoms with Crippen molar-refractivity contribution in [2.75, 3.05) is 29.0 Å². The monoisotopic (exact) mass is 420 g/mol. The highest BCUT2D eigenvalue weighted by Crippen LogP contribution is 2.64. The lowest BCUT2D eigenvalue weighted by molar-refractivity contribution is -0.128. The number of methoxy groups -OCH3 is 1. The molecule has 1 aliphatic heterocycles. The molecule has 2 atom stereocenters. The number of benzene rings is 1. The summed E-state index contributed by atoms with van der Waals surface area (Å²) in [6.07, 6.45) is 3.31. The van der Waals surface area contributed by atoms with Gasteiger partial charge in [0.1, 0.15) is 11.5 Å². The number of ether oxygens (including phenoxy) is 1. The number of hydrogen-bond acceptors (Lipinski definition) is 5. The Morgan fingerprint density at radius 3 is 2.59 bits per heavy atom. The third kappa shape index (κ3) is 3.12. The topological polar surface area (TPSA) is 92.8 Å². The molecule has 0 radical (unpaired) electrons. The van der Waals surface area contributed by atoms with Crippen LogP contribution in [-0.4, -0.2) is 39.5 Å². The number of rotatable bonds is 6. The number of nitrogens with one attached hydrogen (secondary N) is 1. The minimum Gasteiger partial charge on any atom is -0.494 e. The summed E-state index contributed by atoms with van der Waals surface area (Å²) < 4.78 is 34.0. The van der Waals surface area contributed by atoms with Crippen LogP contribution < -0.4 is 14.4 Å². The fraction of sp³-hybridized carbons (Fsp3) is 0.619. The molecule has 1 heterocycles. The highest BCUT2D eigenvalue weighted by atomic mass is 32.2. The first-order chi connectivity index (χ1) is 13.6. The van der Waals surface area contributed by atoms with Gasteiger partial charge in [0.15, 0.2) is 0 Å². The molecule has 1 aromatic rings. The van der Waals surface area contributed by atoms with Gasteiger partial charge in [0.2, 0.25) is 15.9 Å². The van der Waals surface area contributed by atoms with E-state index in [1.807, 2.05) is 13.8 Å². The Morgan fingerprint density at radius 2 is 2.03 bits per heavy atom. The summed E-state index contributed by atoms with van der Waals surface area (Å²) in [5, 5.41) is 0. The zero-order valence-corrected chi connectivity index (χ0v) is 18.0. The summed E-state index contributed by atoms with van der Waals surface area (Å²) in [5.74, 6) is 0.620. The van der Waals surface area contributed by atoms with E-state index in [1.165, 1.54) is 7.11 Å². The highest BCUT2D eigenvalue weighted by Gasteiger charge is 2.65. The number of nitrogens with zero attached hydrogens (tertiary/aromatic N) is 1. The van der Waals surface area contributed by atoms with Crippen LogP contribution in [0, 0.1) is 16.7 Å². The van der Waals surface area contributed by atoms with Crippen LogP contribution in [0.15, 0.2) is 18.2 Å². The van der Waals surface area contributed by atoms with Crippen molar-refractivity contribution in [2.24, 2.45) is 16.7 Å². The lowest BCUT2D eigenvalue weighted by Crippen LogP contribution is -2.43. The van der Waals surface area contributed by atoms with Crippen LogP contribution >= 0.6 is 0 Å². The van der Waals surface area contributed by atoms with Gasteiger partial charge in [-0.05, 0) is 42.7 Å². The average molecular weight is 421 g/mol. The van der Waals surface area contributed by atoms with Gasteiger partial charge in [-0.1, -0.05) is 13.8 Å². The van der Waals surface area contributed by atoms with E-state index in [-0.39, 0.29) is 28.8 Å². The van der Waals surface area contributed by atoms with Crippen molar-refractivity contribution >= 4 is 33.1 Å². The van der Waals surface area contributed by atoms with Crippen molar-refractivity contribution in [3.05, 3.63) is 18.2 Å². The smallest absolute Gasteiger partial charge is 0.233 e. The van der Waals surface area contributed by atoms with Gasteiger partial charge < -0.3 is 9.64 Å². The summed E-state index contributed by atoms with van der Waals surface area (Å²) in [5.41, 5.74) is -0.111. The molecule has 1 N–H and O–H groups in total. The van der Waals surface area contributed by atoms with Crippen LogP contribution in [0.5, 0.6) is 5.75 Å². The second kappa shape index (κ2) is 6.72. The van der Waals surface area contributed by atoms with E-state index in [4.69, 9.17) is 4.74 Å². The Kier molecular flexibility index (Phi) is 4.68. The summed E-state index contributed by atoms with van der Waals surface area (Å²) in [4.78, 5) is 26.4. The lowest BCUT2D eigenvalue weighted by atomic mass is 9.70. The van der Waals surface area contributed by atoms with E-state index >= 15 is 0 Å². The van der Waals surface area contributed by atoms with Crippen LogP contribution in [0.1, 0.15) is 46.0 Å².